The summed E-state index contributed by atoms with van der Waals surface area (Å²) in [6.07, 6.45) is 5.85. The summed E-state index contributed by atoms with van der Waals surface area (Å²) >= 11 is 0. The van der Waals surface area contributed by atoms with E-state index in [-0.39, 0.29) is 12.3 Å². The Labute approximate surface area is 123 Å². The molecule has 7 heteroatoms. The van der Waals surface area contributed by atoms with Gasteiger partial charge < -0.3 is 14.6 Å². The fourth-order valence-corrected chi connectivity index (χ4v) is 3.38. The summed E-state index contributed by atoms with van der Waals surface area (Å²) < 4.78 is 1.93. The molecule has 1 aromatic rings. The Kier molecular flexibility index (Phi) is 3.65. The molecule has 7 nitrogen and oxygen atoms in total. The second-order valence-corrected chi connectivity index (χ2v) is 6.08. The third kappa shape index (κ3) is 2.64. The molecule has 0 unspecified atom stereocenters. The van der Waals surface area contributed by atoms with E-state index < -0.39 is 11.4 Å². The predicted molar refractivity (Wildman–Crippen MR) is 73.2 cm³/mol. The third-order valence-electron chi connectivity index (χ3n) is 4.75. The number of rotatable bonds is 3. The van der Waals surface area contributed by atoms with Crippen molar-refractivity contribution < 1.29 is 14.7 Å². The van der Waals surface area contributed by atoms with Crippen molar-refractivity contribution in [1.82, 2.24) is 19.7 Å². The minimum absolute atomic E-state index is 0.0754. The van der Waals surface area contributed by atoms with E-state index in [4.69, 9.17) is 0 Å². The van der Waals surface area contributed by atoms with E-state index in [1.165, 1.54) is 0 Å². The summed E-state index contributed by atoms with van der Waals surface area (Å²) in [7, 11) is 0. The SMILES string of the molecule is O=C(CC1(C(=O)O)CCCCC1)N1CCn2cnnc2C1. The molecule has 0 bridgehead atoms. The molecule has 0 spiro atoms. The first-order valence-corrected chi connectivity index (χ1v) is 7.49. The van der Waals surface area contributed by atoms with Gasteiger partial charge in [0.2, 0.25) is 5.91 Å². The minimum Gasteiger partial charge on any atom is -0.481 e. The van der Waals surface area contributed by atoms with Crippen molar-refractivity contribution in [2.45, 2.75) is 51.6 Å². The quantitative estimate of drug-likeness (QED) is 0.899. The average molecular weight is 292 g/mol. The Balaban J connectivity index is 1.69. The van der Waals surface area contributed by atoms with Crippen LogP contribution in [0, 0.1) is 5.41 Å². The molecule has 0 aromatic carbocycles. The summed E-state index contributed by atoms with van der Waals surface area (Å²) in [6, 6.07) is 0. The lowest BCUT2D eigenvalue weighted by Crippen LogP contribution is -2.43. The zero-order valence-corrected chi connectivity index (χ0v) is 12.0. The maximum atomic E-state index is 12.5. The van der Waals surface area contributed by atoms with Gasteiger partial charge in [-0.05, 0) is 12.8 Å². The van der Waals surface area contributed by atoms with Gasteiger partial charge in [0.15, 0.2) is 5.82 Å². The molecule has 1 aliphatic heterocycles. The van der Waals surface area contributed by atoms with E-state index in [0.717, 1.165) is 25.1 Å². The fraction of sp³-hybridized carbons (Fsp3) is 0.714. The van der Waals surface area contributed by atoms with Crippen LogP contribution < -0.4 is 0 Å². The van der Waals surface area contributed by atoms with Gasteiger partial charge in [0, 0.05) is 19.5 Å². The first kappa shape index (κ1) is 14.0. The van der Waals surface area contributed by atoms with Crippen molar-refractivity contribution in [2.75, 3.05) is 6.54 Å². The highest BCUT2D eigenvalue weighted by molar-refractivity contribution is 5.85. The van der Waals surface area contributed by atoms with Crippen LogP contribution in [0.15, 0.2) is 6.33 Å². The van der Waals surface area contributed by atoms with Crippen LogP contribution in [0.1, 0.15) is 44.3 Å². The van der Waals surface area contributed by atoms with Gasteiger partial charge in [-0.25, -0.2) is 0 Å². The molecular formula is C14H20N4O3. The molecule has 1 fully saturated rings. The highest BCUT2D eigenvalue weighted by Gasteiger charge is 2.42. The Bertz CT molecular complexity index is 548. The summed E-state index contributed by atoms with van der Waals surface area (Å²) in [6.45, 7) is 1.70. The summed E-state index contributed by atoms with van der Waals surface area (Å²) in [5.41, 5.74) is -0.861. The number of fused-ring (bicyclic) bond motifs is 1. The molecule has 1 saturated carbocycles. The van der Waals surface area contributed by atoms with Crippen LogP contribution in [0.3, 0.4) is 0 Å². The van der Waals surface area contributed by atoms with Gasteiger partial charge in [-0.1, -0.05) is 19.3 Å². The molecule has 3 rings (SSSR count). The Hall–Kier alpha value is -1.92. The number of aromatic nitrogens is 3. The van der Waals surface area contributed by atoms with Crippen molar-refractivity contribution in [3.63, 3.8) is 0 Å². The van der Waals surface area contributed by atoms with Crippen molar-refractivity contribution >= 4 is 11.9 Å². The summed E-state index contributed by atoms with van der Waals surface area (Å²) in [5, 5.41) is 17.4. The predicted octanol–water partition coefficient (Wildman–Crippen LogP) is 1.05. The number of carbonyl (C=O) groups excluding carboxylic acids is 1. The largest absolute Gasteiger partial charge is 0.481 e. The lowest BCUT2D eigenvalue weighted by atomic mass is 9.71. The number of carboxylic acids is 1. The molecule has 0 atom stereocenters. The maximum Gasteiger partial charge on any atom is 0.310 e. The molecule has 1 N–H and O–H groups in total. The van der Waals surface area contributed by atoms with Crippen molar-refractivity contribution in [3.8, 4) is 0 Å². The van der Waals surface area contributed by atoms with E-state index in [1.54, 1.807) is 11.2 Å². The summed E-state index contributed by atoms with van der Waals surface area (Å²) in [4.78, 5) is 25.9. The number of aliphatic carboxylic acids is 1. The van der Waals surface area contributed by atoms with Crippen LogP contribution in [0.2, 0.25) is 0 Å². The standard InChI is InChI=1S/C14H20N4O3/c19-12(8-14(13(20)21)4-2-1-3-5-14)17-6-7-18-10-15-16-11(18)9-17/h10H,1-9H2,(H,20,21). The van der Waals surface area contributed by atoms with E-state index >= 15 is 0 Å². The van der Waals surface area contributed by atoms with Crippen LogP contribution >= 0.6 is 0 Å². The Morgan fingerprint density at radius 2 is 2.00 bits per heavy atom. The van der Waals surface area contributed by atoms with Crippen LogP contribution in [0.4, 0.5) is 0 Å². The van der Waals surface area contributed by atoms with Gasteiger partial charge >= 0.3 is 5.97 Å². The highest BCUT2D eigenvalue weighted by atomic mass is 16.4. The van der Waals surface area contributed by atoms with Crippen molar-refractivity contribution in [2.24, 2.45) is 5.41 Å². The molecule has 1 aliphatic carbocycles. The average Bonchev–Trinajstić information content (AvgIpc) is 2.95. The van der Waals surface area contributed by atoms with Crippen LogP contribution in [-0.4, -0.2) is 43.2 Å². The fourth-order valence-electron chi connectivity index (χ4n) is 3.38. The number of hydrogen-bond acceptors (Lipinski definition) is 4. The Morgan fingerprint density at radius 3 is 2.71 bits per heavy atom. The normalized spacial score (nSPS) is 20.9. The molecule has 0 radical (unpaired) electrons. The van der Waals surface area contributed by atoms with Gasteiger partial charge in [-0.15, -0.1) is 10.2 Å². The molecule has 2 heterocycles. The molecular weight excluding hydrogens is 272 g/mol. The lowest BCUT2D eigenvalue weighted by Gasteiger charge is -2.35. The van der Waals surface area contributed by atoms with E-state index in [2.05, 4.69) is 10.2 Å². The van der Waals surface area contributed by atoms with Gasteiger partial charge in [0.1, 0.15) is 6.33 Å². The monoisotopic (exact) mass is 292 g/mol. The highest BCUT2D eigenvalue weighted by Crippen LogP contribution is 2.40. The van der Waals surface area contributed by atoms with Crippen LogP contribution in [0.25, 0.3) is 0 Å². The Morgan fingerprint density at radius 1 is 1.24 bits per heavy atom. The zero-order valence-electron chi connectivity index (χ0n) is 12.0. The van der Waals surface area contributed by atoms with Gasteiger partial charge in [0.25, 0.3) is 0 Å². The minimum atomic E-state index is -0.861. The van der Waals surface area contributed by atoms with E-state index in [0.29, 0.717) is 32.5 Å². The number of nitrogens with zero attached hydrogens (tertiary/aromatic N) is 4. The smallest absolute Gasteiger partial charge is 0.310 e. The van der Waals surface area contributed by atoms with E-state index in [1.807, 2.05) is 4.57 Å². The topological polar surface area (TPSA) is 88.3 Å². The second-order valence-electron chi connectivity index (χ2n) is 6.08. The van der Waals surface area contributed by atoms with Crippen LogP contribution in [-0.2, 0) is 22.7 Å². The van der Waals surface area contributed by atoms with Gasteiger partial charge in [-0.3, -0.25) is 9.59 Å². The second kappa shape index (κ2) is 5.46. The maximum absolute atomic E-state index is 12.5. The molecule has 21 heavy (non-hydrogen) atoms. The molecule has 1 aromatic heterocycles. The first-order valence-electron chi connectivity index (χ1n) is 7.49. The zero-order chi connectivity index (χ0) is 14.9. The van der Waals surface area contributed by atoms with Crippen molar-refractivity contribution in [3.05, 3.63) is 12.2 Å². The number of amides is 1. The molecule has 2 aliphatic rings. The van der Waals surface area contributed by atoms with Gasteiger partial charge in [-0.2, -0.15) is 0 Å². The van der Waals surface area contributed by atoms with E-state index in [9.17, 15) is 14.7 Å². The molecule has 1 amide bonds. The number of carbonyl (C=O) groups is 2. The lowest BCUT2D eigenvalue weighted by molar-refractivity contribution is -0.156. The summed E-state index contributed by atoms with van der Waals surface area (Å²) in [5.74, 6) is -0.133. The number of carboxylic acid groups (broad SMARTS) is 1. The number of hydrogen-bond donors (Lipinski definition) is 1. The molecule has 0 saturated heterocycles. The van der Waals surface area contributed by atoms with Gasteiger partial charge in [0.05, 0.1) is 12.0 Å². The first-order chi connectivity index (χ1) is 10.1. The van der Waals surface area contributed by atoms with Crippen LogP contribution in [0.5, 0.6) is 0 Å². The molecule has 114 valence electrons. The third-order valence-corrected chi connectivity index (χ3v) is 4.75. The van der Waals surface area contributed by atoms with Crippen molar-refractivity contribution in [1.29, 1.82) is 0 Å².